The Morgan fingerprint density at radius 1 is 1.03 bits per heavy atom. The first kappa shape index (κ1) is 26.2. The molecule has 3 rings (SSSR count). The highest BCUT2D eigenvalue weighted by Crippen LogP contribution is 2.29. The van der Waals surface area contributed by atoms with Crippen molar-refractivity contribution in [1.29, 1.82) is 0 Å². The second kappa shape index (κ2) is 11.8. The third-order valence-electron chi connectivity index (χ3n) is 5.50. The van der Waals surface area contributed by atoms with Crippen LogP contribution in [0.25, 0.3) is 22.5 Å². The van der Waals surface area contributed by atoms with E-state index in [0.717, 1.165) is 18.9 Å². The first-order chi connectivity index (χ1) is 16.7. The number of nitrogens with zero attached hydrogens (tertiary/aromatic N) is 2. The van der Waals surface area contributed by atoms with Crippen molar-refractivity contribution >= 4 is 5.97 Å². The summed E-state index contributed by atoms with van der Waals surface area (Å²) in [5, 5.41) is 0. The highest BCUT2D eigenvalue weighted by molar-refractivity contribution is 5.81. The lowest BCUT2D eigenvalue weighted by Crippen LogP contribution is -2.34. The zero-order chi connectivity index (χ0) is 25.4. The van der Waals surface area contributed by atoms with Crippen LogP contribution < -0.4 is 9.47 Å². The molecule has 0 aliphatic heterocycles. The van der Waals surface area contributed by atoms with Crippen LogP contribution in [0.4, 0.5) is 13.2 Å². The zero-order valence-electron chi connectivity index (χ0n) is 20.0. The fourth-order valence-electron chi connectivity index (χ4n) is 3.24. The van der Waals surface area contributed by atoms with Gasteiger partial charge in [0.15, 0.2) is 12.0 Å². The largest absolute Gasteiger partial charge is 0.490 e. The molecular weight excluding hydrogens is 457 g/mol. The van der Waals surface area contributed by atoms with Crippen LogP contribution in [0.5, 0.6) is 11.5 Å². The summed E-state index contributed by atoms with van der Waals surface area (Å²) in [6.45, 7) is 3.89. The van der Waals surface area contributed by atoms with Gasteiger partial charge in [0.2, 0.25) is 5.67 Å². The van der Waals surface area contributed by atoms with Crippen molar-refractivity contribution < 1.29 is 27.4 Å². The Morgan fingerprint density at radius 3 is 2.31 bits per heavy atom. The van der Waals surface area contributed by atoms with E-state index in [0.29, 0.717) is 29.1 Å². The van der Waals surface area contributed by atoms with Gasteiger partial charge < -0.3 is 9.47 Å². The Balaban J connectivity index is 1.69. The molecule has 0 fully saturated rings. The highest BCUT2D eigenvalue weighted by atomic mass is 19.2. The number of esters is 1. The van der Waals surface area contributed by atoms with Crippen LogP contribution in [-0.4, -0.2) is 40.6 Å². The monoisotopic (exact) mass is 486 g/mol. The molecule has 0 radical (unpaired) electrons. The van der Waals surface area contributed by atoms with Gasteiger partial charge in [-0.2, -0.15) is 0 Å². The molecule has 0 spiro atoms. The van der Waals surface area contributed by atoms with Crippen molar-refractivity contribution in [2.75, 3.05) is 6.61 Å². The fourth-order valence-corrected chi connectivity index (χ4v) is 3.24. The molecule has 3 aromatic rings. The van der Waals surface area contributed by atoms with Gasteiger partial charge in [-0.1, -0.05) is 37.6 Å². The number of carbonyl (C=O) groups excluding carboxylic acids is 1. The molecule has 1 aromatic heterocycles. The zero-order valence-corrected chi connectivity index (χ0v) is 20.0. The number of alkyl halides is 3. The van der Waals surface area contributed by atoms with Gasteiger partial charge in [-0.3, -0.25) is 0 Å². The van der Waals surface area contributed by atoms with Crippen molar-refractivity contribution in [3.8, 4) is 34.0 Å². The molecule has 3 unspecified atom stereocenters. The molecule has 35 heavy (non-hydrogen) atoms. The smallest absolute Gasteiger partial charge is 0.348 e. The SMILES string of the molecule is CCCCC(C)(F)C(=O)Oc1ccc(-c2cnc(-c3ccccc3OCC(F)C(C)F)nc2)cc1. The molecule has 0 saturated carbocycles. The maximum atomic E-state index is 14.5. The van der Waals surface area contributed by atoms with E-state index in [1.54, 1.807) is 60.9 Å². The predicted molar refractivity (Wildman–Crippen MR) is 129 cm³/mol. The number of ether oxygens (including phenoxy) is 2. The number of unbranched alkanes of at least 4 members (excludes halogenated alkanes) is 1. The number of carbonyl (C=O) groups is 1. The van der Waals surface area contributed by atoms with Gasteiger partial charge in [-0.25, -0.2) is 27.9 Å². The van der Waals surface area contributed by atoms with Gasteiger partial charge in [0, 0.05) is 18.0 Å². The molecule has 0 amide bonds. The normalized spacial score (nSPS) is 14.6. The first-order valence-corrected chi connectivity index (χ1v) is 11.5. The summed E-state index contributed by atoms with van der Waals surface area (Å²) in [7, 11) is 0. The van der Waals surface area contributed by atoms with Crippen molar-refractivity contribution in [2.45, 2.75) is 58.0 Å². The first-order valence-electron chi connectivity index (χ1n) is 11.5. The Morgan fingerprint density at radius 2 is 1.69 bits per heavy atom. The molecule has 0 bridgehead atoms. The van der Waals surface area contributed by atoms with Gasteiger partial charge >= 0.3 is 5.97 Å². The maximum absolute atomic E-state index is 14.5. The number of halogens is 3. The summed E-state index contributed by atoms with van der Waals surface area (Å²) >= 11 is 0. The summed E-state index contributed by atoms with van der Waals surface area (Å²) in [5.41, 5.74) is -0.00374. The summed E-state index contributed by atoms with van der Waals surface area (Å²) in [4.78, 5) is 20.9. The Labute approximate surface area is 203 Å². The molecule has 0 aliphatic carbocycles. The summed E-state index contributed by atoms with van der Waals surface area (Å²) in [6.07, 6.45) is 1.37. The lowest BCUT2D eigenvalue weighted by Gasteiger charge is -2.18. The van der Waals surface area contributed by atoms with Crippen molar-refractivity contribution in [3.63, 3.8) is 0 Å². The Bertz CT molecular complexity index is 1100. The molecule has 0 aliphatic rings. The van der Waals surface area contributed by atoms with Crippen LogP contribution >= 0.6 is 0 Å². The topological polar surface area (TPSA) is 61.3 Å². The van der Waals surface area contributed by atoms with Crippen LogP contribution in [-0.2, 0) is 4.79 Å². The van der Waals surface area contributed by atoms with Gasteiger partial charge in [0.05, 0.1) is 5.56 Å². The standard InChI is InChI=1S/C27H29F3N2O3/c1-4-5-14-27(3,30)26(33)35-21-12-10-19(11-13-21)20-15-31-25(32-16-20)22-8-6-7-9-24(22)34-17-23(29)18(2)28/h6-13,15-16,18,23H,4-5,14,17H2,1-3H3. The summed E-state index contributed by atoms with van der Waals surface area (Å²) in [6, 6.07) is 13.5. The molecular formula is C27H29F3N2O3. The molecule has 186 valence electrons. The minimum absolute atomic E-state index is 0.113. The number of hydrogen-bond acceptors (Lipinski definition) is 5. The minimum atomic E-state index is -2.03. The van der Waals surface area contributed by atoms with Crippen LogP contribution in [0.1, 0.15) is 40.0 Å². The van der Waals surface area contributed by atoms with E-state index in [-0.39, 0.29) is 12.2 Å². The fraction of sp³-hybridized carbons (Fsp3) is 0.370. The Kier molecular flexibility index (Phi) is 8.84. The van der Waals surface area contributed by atoms with E-state index >= 15 is 0 Å². The lowest BCUT2D eigenvalue weighted by atomic mass is 10.0. The molecule has 2 aromatic carbocycles. The van der Waals surface area contributed by atoms with E-state index in [2.05, 4.69) is 9.97 Å². The molecule has 5 nitrogen and oxygen atoms in total. The quantitative estimate of drug-likeness (QED) is 0.223. The van der Waals surface area contributed by atoms with Crippen LogP contribution in [0.15, 0.2) is 60.9 Å². The van der Waals surface area contributed by atoms with Gasteiger partial charge in [0.25, 0.3) is 0 Å². The molecule has 3 atom stereocenters. The van der Waals surface area contributed by atoms with Crippen molar-refractivity contribution in [1.82, 2.24) is 9.97 Å². The summed E-state index contributed by atoms with van der Waals surface area (Å²) in [5.74, 6) is 0.0604. The number of aromatic nitrogens is 2. The van der Waals surface area contributed by atoms with Gasteiger partial charge in [0.1, 0.15) is 24.3 Å². The van der Waals surface area contributed by atoms with E-state index in [9.17, 15) is 18.0 Å². The minimum Gasteiger partial charge on any atom is -0.490 e. The average molecular weight is 487 g/mol. The molecule has 1 heterocycles. The predicted octanol–water partition coefficient (Wildman–Crippen LogP) is 6.71. The van der Waals surface area contributed by atoms with E-state index < -0.39 is 30.6 Å². The van der Waals surface area contributed by atoms with Crippen LogP contribution in [0.3, 0.4) is 0 Å². The molecule has 8 heteroatoms. The van der Waals surface area contributed by atoms with Crippen molar-refractivity contribution in [2.24, 2.45) is 0 Å². The van der Waals surface area contributed by atoms with E-state index in [1.165, 1.54) is 6.92 Å². The number of benzene rings is 2. The second-order valence-corrected chi connectivity index (χ2v) is 8.51. The third-order valence-corrected chi connectivity index (χ3v) is 5.50. The number of rotatable bonds is 11. The third kappa shape index (κ3) is 7.04. The molecule has 0 N–H and O–H groups in total. The van der Waals surface area contributed by atoms with E-state index in [1.807, 2.05) is 6.92 Å². The second-order valence-electron chi connectivity index (χ2n) is 8.51. The van der Waals surface area contributed by atoms with Crippen LogP contribution in [0.2, 0.25) is 0 Å². The van der Waals surface area contributed by atoms with E-state index in [4.69, 9.17) is 9.47 Å². The van der Waals surface area contributed by atoms with Gasteiger partial charge in [-0.05, 0) is 56.5 Å². The Hall–Kier alpha value is -3.42. The van der Waals surface area contributed by atoms with Gasteiger partial charge in [-0.15, -0.1) is 0 Å². The summed E-state index contributed by atoms with van der Waals surface area (Å²) < 4.78 is 51.9. The number of para-hydroxylation sites is 1. The van der Waals surface area contributed by atoms with Crippen LogP contribution in [0, 0.1) is 0 Å². The lowest BCUT2D eigenvalue weighted by molar-refractivity contribution is -0.147. The van der Waals surface area contributed by atoms with Crippen molar-refractivity contribution in [3.05, 3.63) is 60.9 Å². The average Bonchev–Trinajstić information content (AvgIpc) is 2.86. The number of hydrogen-bond donors (Lipinski definition) is 0. The molecule has 0 saturated heterocycles. The highest BCUT2D eigenvalue weighted by Gasteiger charge is 2.34. The maximum Gasteiger partial charge on any atom is 0.348 e.